The summed E-state index contributed by atoms with van der Waals surface area (Å²) in [5.41, 5.74) is -0.666. The monoisotopic (exact) mass is 336 g/mol. The highest BCUT2D eigenvalue weighted by atomic mass is 19.1. The number of benzene rings is 1. The fourth-order valence-electron chi connectivity index (χ4n) is 3.24. The summed E-state index contributed by atoms with van der Waals surface area (Å²) in [5, 5.41) is 3.29. The second kappa shape index (κ2) is 7.94. The van der Waals surface area contributed by atoms with Crippen LogP contribution in [-0.2, 0) is 9.53 Å². The maximum atomic E-state index is 13.0. The van der Waals surface area contributed by atoms with Crippen LogP contribution in [-0.4, -0.2) is 55.8 Å². The van der Waals surface area contributed by atoms with E-state index in [9.17, 15) is 9.18 Å². The lowest BCUT2D eigenvalue weighted by atomic mass is 9.97. The Bertz CT molecular complexity index is 538. The van der Waals surface area contributed by atoms with E-state index in [1.54, 1.807) is 12.1 Å². The zero-order chi connectivity index (χ0) is 16.8. The molecule has 1 N–H and O–H groups in total. The van der Waals surface area contributed by atoms with E-state index < -0.39 is 5.60 Å². The predicted molar refractivity (Wildman–Crippen MR) is 88.5 cm³/mol. The molecule has 0 bridgehead atoms. The molecule has 1 atom stereocenters. The van der Waals surface area contributed by atoms with Gasteiger partial charge in [-0.3, -0.25) is 4.79 Å². The minimum Gasteiger partial charge on any atom is -0.491 e. The maximum absolute atomic E-state index is 13.0. The smallest absolute Gasteiger partial charge is 0.225 e. The predicted octanol–water partition coefficient (Wildman–Crippen LogP) is 1.97. The third kappa shape index (κ3) is 4.45. The molecule has 0 spiro atoms. The van der Waals surface area contributed by atoms with Crippen molar-refractivity contribution in [3.8, 4) is 5.75 Å². The number of rotatable bonds is 5. The molecule has 0 unspecified atom stereocenters. The minimum atomic E-state index is -0.666. The van der Waals surface area contributed by atoms with E-state index in [1.807, 2.05) is 4.90 Å². The molecular formula is C18H25FN2O3. The average Bonchev–Trinajstić information content (AvgIpc) is 2.63. The van der Waals surface area contributed by atoms with Crippen LogP contribution in [0.5, 0.6) is 5.75 Å². The first-order valence-electron chi connectivity index (χ1n) is 8.68. The summed E-state index contributed by atoms with van der Waals surface area (Å²) in [7, 11) is 0. The lowest BCUT2D eigenvalue weighted by Crippen LogP contribution is -2.56. The van der Waals surface area contributed by atoms with E-state index in [0.717, 1.165) is 32.5 Å². The Kier molecular flexibility index (Phi) is 5.68. The molecule has 2 aliphatic rings. The Hall–Kier alpha value is -1.66. The number of carbonyl (C=O) groups excluding carboxylic acids is 1. The molecule has 5 nitrogen and oxygen atoms in total. The molecular weight excluding hydrogens is 311 g/mol. The fourth-order valence-corrected chi connectivity index (χ4v) is 3.24. The van der Waals surface area contributed by atoms with Crippen LogP contribution in [0.4, 0.5) is 4.39 Å². The van der Waals surface area contributed by atoms with Crippen LogP contribution >= 0.6 is 0 Å². The van der Waals surface area contributed by atoms with Gasteiger partial charge in [0.1, 0.15) is 23.8 Å². The number of ether oxygens (including phenoxy) is 2. The number of amides is 1. The van der Waals surface area contributed by atoms with Crippen molar-refractivity contribution in [2.75, 3.05) is 39.4 Å². The Balaban J connectivity index is 1.62. The van der Waals surface area contributed by atoms with Crippen LogP contribution < -0.4 is 10.1 Å². The van der Waals surface area contributed by atoms with Crippen molar-refractivity contribution in [2.45, 2.75) is 31.3 Å². The molecule has 6 heteroatoms. The third-order valence-electron chi connectivity index (χ3n) is 4.63. The van der Waals surface area contributed by atoms with Crippen molar-refractivity contribution in [3.63, 3.8) is 0 Å². The number of nitrogens with zero attached hydrogens (tertiary/aromatic N) is 1. The number of halogens is 1. The molecule has 2 fully saturated rings. The van der Waals surface area contributed by atoms with Crippen LogP contribution in [0.25, 0.3) is 0 Å². The highest BCUT2D eigenvalue weighted by Gasteiger charge is 2.38. The first-order valence-corrected chi connectivity index (χ1v) is 8.68. The molecule has 1 aromatic carbocycles. The van der Waals surface area contributed by atoms with Gasteiger partial charge in [0.05, 0.1) is 13.0 Å². The summed E-state index contributed by atoms with van der Waals surface area (Å²) in [6, 6.07) is 5.90. The zero-order valence-corrected chi connectivity index (χ0v) is 13.9. The van der Waals surface area contributed by atoms with Crippen molar-refractivity contribution in [3.05, 3.63) is 30.1 Å². The van der Waals surface area contributed by atoms with Gasteiger partial charge in [-0.2, -0.15) is 0 Å². The molecule has 2 heterocycles. The van der Waals surface area contributed by atoms with Gasteiger partial charge in [0, 0.05) is 26.2 Å². The van der Waals surface area contributed by atoms with Crippen molar-refractivity contribution in [1.82, 2.24) is 10.2 Å². The second-order valence-electron chi connectivity index (χ2n) is 6.57. The van der Waals surface area contributed by atoms with Crippen LogP contribution in [0.3, 0.4) is 0 Å². The Morgan fingerprint density at radius 3 is 2.67 bits per heavy atom. The fraction of sp³-hybridized carbons (Fsp3) is 0.611. The van der Waals surface area contributed by atoms with Gasteiger partial charge in [0.2, 0.25) is 5.91 Å². The first-order chi connectivity index (χ1) is 11.7. The summed E-state index contributed by atoms with van der Waals surface area (Å²) < 4.78 is 24.7. The quantitative estimate of drug-likeness (QED) is 0.893. The Morgan fingerprint density at radius 2 is 2.00 bits per heavy atom. The summed E-state index contributed by atoms with van der Waals surface area (Å²) in [6.45, 7) is 3.84. The number of carbonyl (C=O) groups is 1. The highest BCUT2D eigenvalue weighted by Crippen LogP contribution is 2.23. The average molecular weight is 336 g/mol. The molecule has 1 amide bonds. The molecule has 132 valence electrons. The Morgan fingerprint density at radius 1 is 1.25 bits per heavy atom. The van der Waals surface area contributed by atoms with Gasteiger partial charge in [-0.15, -0.1) is 0 Å². The molecule has 1 aromatic rings. The van der Waals surface area contributed by atoms with E-state index in [1.165, 1.54) is 18.6 Å². The standard InChI is InChI=1S/C18H25FN2O3/c19-15-4-6-16(7-5-15)23-14-18(13-20-8-11-24-18)12-17(22)21-9-2-1-3-10-21/h4-7,20H,1-3,8-14H2/t18-/m0/s1. The summed E-state index contributed by atoms with van der Waals surface area (Å²) in [5.74, 6) is 0.407. The van der Waals surface area contributed by atoms with Crippen molar-refractivity contribution in [2.24, 2.45) is 0 Å². The molecule has 24 heavy (non-hydrogen) atoms. The van der Waals surface area contributed by atoms with E-state index in [-0.39, 0.29) is 18.3 Å². The molecule has 0 radical (unpaired) electrons. The number of hydrogen-bond donors (Lipinski definition) is 1. The van der Waals surface area contributed by atoms with Crippen LogP contribution in [0.2, 0.25) is 0 Å². The van der Waals surface area contributed by atoms with E-state index >= 15 is 0 Å². The number of likely N-dealkylation sites (tertiary alicyclic amines) is 1. The van der Waals surface area contributed by atoms with Gasteiger partial charge in [-0.25, -0.2) is 4.39 Å². The maximum Gasteiger partial charge on any atom is 0.225 e. The van der Waals surface area contributed by atoms with E-state index in [4.69, 9.17) is 9.47 Å². The summed E-state index contributed by atoms with van der Waals surface area (Å²) >= 11 is 0. The first kappa shape index (κ1) is 17.2. The van der Waals surface area contributed by atoms with Gasteiger partial charge in [0.25, 0.3) is 0 Å². The largest absolute Gasteiger partial charge is 0.491 e. The molecule has 0 aromatic heterocycles. The lowest BCUT2D eigenvalue weighted by Gasteiger charge is -2.38. The SMILES string of the molecule is O=C(C[C@@]1(COc2ccc(F)cc2)CNCCO1)N1CCCCC1. The molecule has 2 aliphatic heterocycles. The Labute approximate surface area is 142 Å². The van der Waals surface area contributed by atoms with Crippen LogP contribution in [0.1, 0.15) is 25.7 Å². The van der Waals surface area contributed by atoms with Gasteiger partial charge < -0.3 is 19.7 Å². The number of nitrogens with one attached hydrogen (secondary N) is 1. The van der Waals surface area contributed by atoms with Crippen LogP contribution in [0.15, 0.2) is 24.3 Å². The van der Waals surface area contributed by atoms with Gasteiger partial charge in [-0.1, -0.05) is 0 Å². The summed E-state index contributed by atoms with van der Waals surface area (Å²) in [6.07, 6.45) is 3.65. The van der Waals surface area contributed by atoms with E-state index in [0.29, 0.717) is 25.3 Å². The van der Waals surface area contributed by atoms with Crippen molar-refractivity contribution < 1.29 is 18.7 Å². The van der Waals surface area contributed by atoms with Gasteiger partial charge >= 0.3 is 0 Å². The van der Waals surface area contributed by atoms with Crippen LogP contribution in [0, 0.1) is 5.82 Å². The third-order valence-corrected chi connectivity index (χ3v) is 4.63. The van der Waals surface area contributed by atoms with Gasteiger partial charge in [0.15, 0.2) is 0 Å². The van der Waals surface area contributed by atoms with Gasteiger partial charge in [-0.05, 0) is 43.5 Å². The number of hydrogen-bond acceptors (Lipinski definition) is 4. The number of piperidine rings is 1. The topological polar surface area (TPSA) is 50.8 Å². The van der Waals surface area contributed by atoms with Crippen molar-refractivity contribution >= 4 is 5.91 Å². The molecule has 0 aliphatic carbocycles. The summed E-state index contributed by atoms with van der Waals surface area (Å²) in [4.78, 5) is 14.6. The highest BCUT2D eigenvalue weighted by molar-refractivity contribution is 5.77. The lowest BCUT2D eigenvalue weighted by molar-refractivity contribution is -0.146. The normalized spacial score (nSPS) is 24.6. The zero-order valence-electron chi connectivity index (χ0n) is 13.9. The molecule has 0 saturated carbocycles. The molecule has 2 saturated heterocycles. The minimum absolute atomic E-state index is 0.126. The van der Waals surface area contributed by atoms with E-state index in [2.05, 4.69) is 5.32 Å². The second-order valence-corrected chi connectivity index (χ2v) is 6.57. The number of morpholine rings is 1. The molecule has 3 rings (SSSR count). The van der Waals surface area contributed by atoms with Crippen molar-refractivity contribution in [1.29, 1.82) is 0 Å².